The Balaban J connectivity index is 2.42. The minimum Gasteiger partial charge on any atom is -0.406 e. The Morgan fingerprint density at radius 3 is 2.43 bits per heavy atom. The number of hydrogen-bond acceptors (Lipinski definition) is 2. The van der Waals surface area contributed by atoms with E-state index in [1.54, 1.807) is 12.1 Å². The topological polar surface area (TPSA) is 52.3 Å². The van der Waals surface area contributed by atoms with Crippen molar-refractivity contribution in [3.63, 3.8) is 0 Å². The van der Waals surface area contributed by atoms with E-state index in [0.29, 0.717) is 15.6 Å². The Bertz CT molecular complexity index is 686. The zero-order valence-corrected chi connectivity index (χ0v) is 12.0. The van der Waals surface area contributed by atoms with Crippen LogP contribution in [0.1, 0.15) is 10.4 Å². The molecule has 0 radical (unpaired) electrons. The van der Waals surface area contributed by atoms with E-state index in [1.165, 1.54) is 30.3 Å². The summed E-state index contributed by atoms with van der Waals surface area (Å²) in [5.74, 6) is -0.958. The number of hydrogen-bond donors (Lipinski definition) is 1. The number of primary amides is 1. The van der Waals surface area contributed by atoms with E-state index in [2.05, 4.69) is 20.7 Å². The standard InChI is InChI=1S/C14H9BrF3NO2/c15-11-5-9(4-10(6-11)13(19)20)8-2-1-3-12(7-8)21-14(16,17)18/h1-7H,(H2,19,20). The van der Waals surface area contributed by atoms with Crippen molar-refractivity contribution in [3.8, 4) is 16.9 Å². The van der Waals surface area contributed by atoms with Gasteiger partial charge in [0.1, 0.15) is 5.75 Å². The number of benzene rings is 2. The second-order valence-electron chi connectivity index (χ2n) is 4.17. The molecule has 2 rings (SSSR count). The number of rotatable bonds is 3. The molecule has 0 saturated carbocycles. The lowest BCUT2D eigenvalue weighted by Crippen LogP contribution is -2.17. The molecule has 0 unspecified atom stereocenters. The first kappa shape index (κ1) is 15.4. The summed E-state index contributed by atoms with van der Waals surface area (Å²) in [7, 11) is 0. The van der Waals surface area contributed by atoms with Crippen LogP contribution in [0, 0.1) is 0 Å². The molecule has 2 N–H and O–H groups in total. The average molecular weight is 360 g/mol. The van der Waals surface area contributed by atoms with E-state index >= 15 is 0 Å². The monoisotopic (exact) mass is 359 g/mol. The van der Waals surface area contributed by atoms with Crippen molar-refractivity contribution in [2.75, 3.05) is 0 Å². The van der Waals surface area contributed by atoms with Crippen LogP contribution >= 0.6 is 15.9 Å². The van der Waals surface area contributed by atoms with E-state index in [0.717, 1.165) is 0 Å². The van der Waals surface area contributed by atoms with E-state index in [-0.39, 0.29) is 11.3 Å². The Morgan fingerprint density at radius 1 is 1.10 bits per heavy atom. The third-order valence-electron chi connectivity index (χ3n) is 2.58. The molecular formula is C14H9BrF3NO2. The first-order chi connectivity index (χ1) is 9.74. The maximum absolute atomic E-state index is 12.2. The van der Waals surface area contributed by atoms with Crippen molar-refractivity contribution in [1.82, 2.24) is 0 Å². The maximum atomic E-state index is 12.2. The number of alkyl halides is 3. The number of nitrogens with two attached hydrogens (primary N) is 1. The van der Waals surface area contributed by atoms with Gasteiger partial charge in [0.05, 0.1) is 0 Å². The van der Waals surface area contributed by atoms with E-state index in [9.17, 15) is 18.0 Å². The average Bonchev–Trinajstić information content (AvgIpc) is 2.36. The Hall–Kier alpha value is -2.02. The lowest BCUT2D eigenvalue weighted by molar-refractivity contribution is -0.274. The van der Waals surface area contributed by atoms with Crippen LogP contribution in [0.5, 0.6) is 5.75 Å². The summed E-state index contributed by atoms with van der Waals surface area (Å²) in [4.78, 5) is 11.2. The highest BCUT2D eigenvalue weighted by atomic mass is 79.9. The van der Waals surface area contributed by atoms with Crippen molar-refractivity contribution in [3.05, 3.63) is 52.5 Å². The van der Waals surface area contributed by atoms with Crippen molar-refractivity contribution in [1.29, 1.82) is 0 Å². The van der Waals surface area contributed by atoms with Gasteiger partial charge in [-0.2, -0.15) is 0 Å². The Labute approximate surface area is 126 Å². The van der Waals surface area contributed by atoms with Gasteiger partial charge in [-0.05, 0) is 41.5 Å². The van der Waals surface area contributed by atoms with Crippen LogP contribution in [0.2, 0.25) is 0 Å². The van der Waals surface area contributed by atoms with Gasteiger partial charge in [0.25, 0.3) is 0 Å². The summed E-state index contributed by atoms with van der Waals surface area (Å²) in [5.41, 5.74) is 6.48. The first-order valence-electron chi connectivity index (χ1n) is 5.71. The summed E-state index contributed by atoms with van der Waals surface area (Å²) in [6.07, 6.45) is -4.76. The van der Waals surface area contributed by atoms with E-state index in [4.69, 9.17) is 5.73 Å². The number of halogens is 4. The van der Waals surface area contributed by atoms with Crippen LogP contribution < -0.4 is 10.5 Å². The van der Waals surface area contributed by atoms with Crippen LogP contribution in [0.15, 0.2) is 46.9 Å². The van der Waals surface area contributed by atoms with E-state index in [1.807, 2.05) is 0 Å². The molecular weight excluding hydrogens is 351 g/mol. The predicted molar refractivity (Wildman–Crippen MR) is 74.8 cm³/mol. The molecule has 0 saturated heterocycles. The highest BCUT2D eigenvalue weighted by Crippen LogP contribution is 2.30. The molecule has 0 atom stereocenters. The van der Waals surface area contributed by atoms with Gasteiger partial charge in [-0.3, -0.25) is 4.79 Å². The van der Waals surface area contributed by atoms with Crippen LogP contribution in [0.4, 0.5) is 13.2 Å². The molecule has 0 aromatic heterocycles. The summed E-state index contributed by atoms with van der Waals surface area (Å²) < 4.78 is 41.1. The normalized spacial score (nSPS) is 11.2. The van der Waals surface area contributed by atoms with Gasteiger partial charge in [-0.1, -0.05) is 28.1 Å². The molecule has 0 aliphatic rings. The molecule has 0 spiro atoms. The first-order valence-corrected chi connectivity index (χ1v) is 6.50. The summed E-state index contributed by atoms with van der Waals surface area (Å²) >= 11 is 3.23. The number of carbonyl (C=O) groups is 1. The zero-order chi connectivity index (χ0) is 15.6. The molecule has 2 aromatic carbocycles. The maximum Gasteiger partial charge on any atom is 0.573 e. The molecule has 0 bridgehead atoms. The second kappa shape index (κ2) is 5.77. The highest BCUT2D eigenvalue weighted by Gasteiger charge is 2.31. The van der Waals surface area contributed by atoms with Gasteiger partial charge >= 0.3 is 6.36 Å². The molecule has 0 aliphatic heterocycles. The predicted octanol–water partition coefficient (Wildman–Crippen LogP) is 4.11. The lowest BCUT2D eigenvalue weighted by atomic mass is 10.0. The number of ether oxygens (including phenoxy) is 1. The smallest absolute Gasteiger partial charge is 0.406 e. The molecule has 2 aromatic rings. The molecule has 1 amide bonds. The SMILES string of the molecule is NC(=O)c1cc(Br)cc(-c2cccc(OC(F)(F)F)c2)c1. The zero-order valence-electron chi connectivity index (χ0n) is 10.4. The van der Waals surface area contributed by atoms with Crippen molar-refractivity contribution >= 4 is 21.8 Å². The second-order valence-corrected chi connectivity index (χ2v) is 5.08. The summed E-state index contributed by atoms with van der Waals surface area (Å²) in [5, 5.41) is 0. The summed E-state index contributed by atoms with van der Waals surface area (Å²) in [6.45, 7) is 0. The van der Waals surface area contributed by atoms with Gasteiger partial charge in [0.15, 0.2) is 0 Å². The third-order valence-corrected chi connectivity index (χ3v) is 3.04. The summed E-state index contributed by atoms with van der Waals surface area (Å²) in [6, 6.07) is 10.2. The Morgan fingerprint density at radius 2 is 1.81 bits per heavy atom. The molecule has 7 heteroatoms. The largest absolute Gasteiger partial charge is 0.573 e. The fraction of sp³-hybridized carbons (Fsp3) is 0.0714. The molecule has 0 fully saturated rings. The number of amides is 1. The van der Waals surface area contributed by atoms with Crippen molar-refractivity contribution in [2.24, 2.45) is 5.73 Å². The number of carbonyl (C=O) groups excluding carboxylic acids is 1. The molecule has 110 valence electrons. The van der Waals surface area contributed by atoms with Gasteiger partial charge < -0.3 is 10.5 Å². The van der Waals surface area contributed by atoms with Gasteiger partial charge in [0, 0.05) is 10.0 Å². The van der Waals surface area contributed by atoms with Crippen LogP contribution in [0.25, 0.3) is 11.1 Å². The Kier molecular flexibility index (Phi) is 4.22. The third kappa shape index (κ3) is 4.22. The minimum absolute atomic E-state index is 0.251. The minimum atomic E-state index is -4.76. The molecule has 0 heterocycles. The molecule has 0 aliphatic carbocycles. The van der Waals surface area contributed by atoms with Gasteiger partial charge in [-0.15, -0.1) is 13.2 Å². The quantitative estimate of drug-likeness (QED) is 0.896. The van der Waals surface area contributed by atoms with Gasteiger partial charge in [0.2, 0.25) is 5.91 Å². The van der Waals surface area contributed by atoms with Gasteiger partial charge in [-0.25, -0.2) is 0 Å². The highest BCUT2D eigenvalue weighted by molar-refractivity contribution is 9.10. The van der Waals surface area contributed by atoms with Crippen LogP contribution in [-0.4, -0.2) is 12.3 Å². The molecule has 3 nitrogen and oxygen atoms in total. The van der Waals surface area contributed by atoms with Crippen LogP contribution in [0.3, 0.4) is 0 Å². The fourth-order valence-electron chi connectivity index (χ4n) is 1.77. The fourth-order valence-corrected chi connectivity index (χ4v) is 2.26. The van der Waals surface area contributed by atoms with Crippen LogP contribution in [-0.2, 0) is 0 Å². The van der Waals surface area contributed by atoms with Crippen molar-refractivity contribution < 1.29 is 22.7 Å². The lowest BCUT2D eigenvalue weighted by Gasteiger charge is -2.11. The van der Waals surface area contributed by atoms with Crippen molar-refractivity contribution in [2.45, 2.75) is 6.36 Å². The van der Waals surface area contributed by atoms with E-state index < -0.39 is 12.3 Å². The molecule has 21 heavy (non-hydrogen) atoms.